The Morgan fingerprint density at radius 1 is 1.12 bits per heavy atom. The van der Waals surface area contributed by atoms with Gasteiger partial charge < -0.3 is 4.74 Å². The molecule has 5 heteroatoms. The van der Waals surface area contributed by atoms with Gasteiger partial charge in [-0.05, 0) is 48.9 Å². The van der Waals surface area contributed by atoms with Crippen LogP contribution in [0.4, 0.5) is 0 Å². The molecule has 5 aliphatic rings. The van der Waals surface area contributed by atoms with Gasteiger partial charge in [-0.3, -0.25) is 19.3 Å². The zero-order valence-corrected chi connectivity index (χ0v) is 16.2. The highest BCUT2D eigenvalue weighted by molar-refractivity contribution is 6.05. The number of hydrogen-bond acceptors (Lipinski definition) is 4. The van der Waals surface area contributed by atoms with Crippen LogP contribution < -0.4 is 0 Å². The second-order valence-corrected chi connectivity index (χ2v) is 9.56. The van der Waals surface area contributed by atoms with E-state index in [-0.39, 0.29) is 48.7 Å². The van der Waals surface area contributed by atoms with Crippen LogP contribution >= 0.6 is 0 Å². The third-order valence-electron chi connectivity index (χ3n) is 8.04. The summed E-state index contributed by atoms with van der Waals surface area (Å²) in [6.07, 6.45) is 5.99. The molecule has 5 rings (SSSR count). The molecule has 4 saturated carbocycles. The number of rotatable bonds is 4. The molecular weight excluding hydrogens is 330 g/mol. The number of ether oxygens (including phenoxy) is 1. The van der Waals surface area contributed by atoms with Crippen molar-refractivity contribution in [3.05, 3.63) is 0 Å². The molecule has 1 heterocycles. The van der Waals surface area contributed by atoms with E-state index in [1.54, 1.807) is 0 Å². The Bertz CT molecular complexity index is 604. The van der Waals surface area contributed by atoms with E-state index in [9.17, 15) is 14.4 Å². The maximum Gasteiger partial charge on any atom is 0.307 e. The molecule has 1 aliphatic heterocycles. The average molecular weight is 361 g/mol. The van der Waals surface area contributed by atoms with Crippen molar-refractivity contribution < 1.29 is 19.1 Å². The Kier molecular flexibility index (Phi) is 4.39. The molecule has 0 aromatic rings. The van der Waals surface area contributed by atoms with Gasteiger partial charge in [-0.1, -0.05) is 33.6 Å². The normalized spacial score (nSPS) is 40.8. The second kappa shape index (κ2) is 6.35. The van der Waals surface area contributed by atoms with E-state index in [2.05, 4.69) is 20.8 Å². The van der Waals surface area contributed by atoms with Gasteiger partial charge in [-0.25, -0.2) is 0 Å². The van der Waals surface area contributed by atoms with Crippen LogP contribution in [0.1, 0.15) is 65.7 Å². The Morgan fingerprint density at radius 3 is 2.27 bits per heavy atom. The minimum Gasteiger partial charge on any atom is -0.462 e. The third-order valence-corrected chi connectivity index (χ3v) is 8.04. The molecule has 2 bridgehead atoms. The number of carbonyl (C=O) groups is 3. The Balaban J connectivity index is 1.30. The predicted octanol–water partition coefficient (Wildman–Crippen LogP) is 3.17. The summed E-state index contributed by atoms with van der Waals surface area (Å²) >= 11 is 0. The lowest BCUT2D eigenvalue weighted by Crippen LogP contribution is -2.57. The summed E-state index contributed by atoms with van der Waals surface area (Å²) in [6, 6.07) is 0. The van der Waals surface area contributed by atoms with Crippen molar-refractivity contribution in [1.29, 1.82) is 0 Å². The van der Waals surface area contributed by atoms with Gasteiger partial charge >= 0.3 is 5.97 Å². The summed E-state index contributed by atoms with van der Waals surface area (Å²) in [5.41, 5.74) is 0.368. The van der Waals surface area contributed by atoms with Crippen molar-refractivity contribution in [3.8, 4) is 0 Å². The first-order valence-corrected chi connectivity index (χ1v) is 10.4. The van der Waals surface area contributed by atoms with Crippen LogP contribution in [0, 0.1) is 35.0 Å². The molecular formula is C21H31NO4. The summed E-state index contributed by atoms with van der Waals surface area (Å²) in [5, 5.41) is 0. The number of amides is 2. The fourth-order valence-corrected chi connectivity index (χ4v) is 6.14. The lowest BCUT2D eigenvalue weighted by Gasteiger charge is -2.61. The molecule has 0 spiro atoms. The molecule has 6 unspecified atom stereocenters. The van der Waals surface area contributed by atoms with E-state index in [0.717, 1.165) is 32.1 Å². The number of hydrogen-bond donors (Lipinski definition) is 0. The van der Waals surface area contributed by atoms with E-state index in [1.807, 2.05) is 0 Å². The highest BCUT2D eigenvalue weighted by atomic mass is 16.5. The average Bonchev–Trinajstić information content (AvgIpc) is 2.85. The Hall–Kier alpha value is -1.39. The monoisotopic (exact) mass is 361 g/mol. The van der Waals surface area contributed by atoms with Crippen molar-refractivity contribution in [3.63, 3.8) is 0 Å². The maximum atomic E-state index is 12.5. The minimum atomic E-state index is -0.267. The van der Waals surface area contributed by atoms with E-state index >= 15 is 0 Å². The van der Waals surface area contributed by atoms with Crippen LogP contribution in [-0.4, -0.2) is 35.3 Å². The van der Waals surface area contributed by atoms with E-state index < -0.39 is 0 Å². The topological polar surface area (TPSA) is 63.7 Å². The van der Waals surface area contributed by atoms with Crippen LogP contribution in [0.2, 0.25) is 0 Å². The molecule has 144 valence electrons. The zero-order chi connectivity index (χ0) is 18.6. The quantitative estimate of drug-likeness (QED) is 0.570. The fraction of sp³-hybridized carbons (Fsp3) is 0.857. The van der Waals surface area contributed by atoms with Gasteiger partial charge in [0.15, 0.2) is 0 Å². The van der Waals surface area contributed by atoms with Gasteiger partial charge in [0.25, 0.3) is 0 Å². The molecule has 2 amide bonds. The van der Waals surface area contributed by atoms with Crippen molar-refractivity contribution in [2.45, 2.75) is 71.8 Å². The molecule has 5 nitrogen and oxygen atoms in total. The molecule has 4 aliphatic carbocycles. The molecule has 0 aromatic heterocycles. The first-order chi connectivity index (χ1) is 12.3. The fourth-order valence-electron chi connectivity index (χ4n) is 6.14. The van der Waals surface area contributed by atoms with Crippen LogP contribution in [0.25, 0.3) is 0 Å². The van der Waals surface area contributed by atoms with E-state index in [1.165, 1.54) is 11.3 Å². The van der Waals surface area contributed by atoms with Crippen molar-refractivity contribution in [1.82, 2.24) is 4.90 Å². The molecule has 6 atom stereocenters. The van der Waals surface area contributed by atoms with Gasteiger partial charge in [0.05, 0.1) is 18.3 Å². The van der Waals surface area contributed by atoms with Gasteiger partial charge in [0.2, 0.25) is 11.8 Å². The van der Waals surface area contributed by atoms with Crippen molar-refractivity contribution in [2.75, 3.05) is 6.54 Å². The Morgan fingerprint density at radius 2 is 1.73 bits per heavy atom. The number of nitrogens with zero attached hydrogens (tertiary/aromatic N) is 1. The highest BCUT2D eigenvalue weighted by Gasteiger charge is 2.57. The van der Waals surface area contributed by atoms with E-state index in [0.29, 0.717) is 23.2 Å². The zero-order valence-electron chi connectivity index (χ0n) is 16.2. The molecule has 0 radical (unpaired) electrons. The van der Waals surface area contributed by atoms with Gasteiger partial charge in [0.1, 0.15) is 6.10 Å². The summed E-state index contributed by atoms with van der Waals surface area (Å²) in [6.45, 7) is 7.02. The summed E-state index contributed by atoms with van der Waals surface area (Å²) in [4.78, 5) is 38.6. The van der Waals surface area contributed by atoms with Crippen LogP contribution in [-0.2, 0) is 19.1 Å². The van der Waals surface area contributed by atoms with Gasteiger partial charge in [0, 0.05) is 6.54 Å². The smallest absolute Gasteiger partial charge is 0.307 e. The number of likely N-dealkylation sites (tertiary alicyclic amines) is 1. The summed E-state index contributed by atoms with van der Waals surface area (Å²) in [5.74, 6) is 0.978. The lowest BCUT2D eigenvalue weighted by molar-refractivity contribution is -0.186. The van der Waals surface area contributed by atoms with Crippen LogP contribution in [0.5, 0.6) is 0 Å². The first-order valence-electron chi connectivity index (χ1n) is 10.4. The van der Waals surface area contributed by atoms with Gasteiger partial charge in [-0.2, -0.15) is 0 Å². The second-order valence-electron chi connectivity index (χ2n) is 9.56. The minimum absolute atomic E-state index is 0.00756. The standard InChI is InChI=1S/C21H31NO4/c1-12-16-10-13(21(16,2)3)11-17(12)26-18(23)8-9-22-19(24)14-6-4-5-7-15(14)20(22)25/h12-17H,4-11H2,1-3H3. The molecule has 0 N–H and O–H groups in total. The van der Waals surface area contributed by atoms with Gasteiger partial charge in [-0.15, -0.1) is 0 Å². The van der Waals surface area contributed by atoms with Crippen molar-refractivity contribution in [2.24, 2.45) is 35.0 Å². The molecule has 26 heavy (non-hydrogen) atoms. The summed E-state index contributed by atoms with van der Waals surface area (Å²) < 4.78 is 5.76. The third kappa shape index (κ3) is 2.69. The number of imide groups is 1. The lowest BCUT2D eigenvalue weighted by atomic mass is 9.45. The largest absolute Gasteiger partial charge is 0.462 e. The maximum absolute atomic E-state index is 12.5. The predicted molar refractivity (Wildman–Crippen MR) is 95.8 cm³/mol. The van der Waals surface area contributed by atoms with Crippen molar-refractivity contribution >= 4 is 17.8 Å². The number of esters is 1. The number of carbonyl (C=O) groups excluding carboxylic acids is 3. The molecule has 1 saturated heterocycles. The van der Waals surface area contributed by atoms with E-state index in [4.69, 9.17) is 4.74 Å². The van der Waals surface area contributed by atoms with Crippen LogP contribution in [0.15, 0.2) is 0 Å². The highest BCUT2D eigenvalue weighted by Crippen LogP contribution is 2.61. The SMILES string of the molecule is CC1C(OC(=O)CCN2C(=O)C3CCCCC3C2=O)CC2CC1C2(C)C. The molecule has 5 fully saturated rings. The molecule has 0 aromatic carbocycles. The number of fused-ring (bicyclic) bond motifs is 3. The first kappa shape index (κ1) is 18.0. The summed E-state index contributed by atoms with van der Waals surface area (Å²) in [7, 11) is 0. The van der Waals surface area contributed by atoms with Crippen LogP contribution in [0.3, 0.4) is 0 Å². The Labute approximate surface area is 155 Å².